The highest BCUT2D eigenvalue weighted by atomic mass is 35.5. The van der Waals surface area contributed by atoms with Crippen molar-refractivity contribution in [2.75, 3.05) is 6.54 Å². The average Bonchev–Trinajstić information content (AvgIpc) is 3.79. The summed E-state index contributed by atoms with van der Waals surface area (Å²) >= 11 is 18.0. The molecule has 0 N–H and O–H groups in total. The third-order valence-corrected chi connectivity index (χ3v) is 9.84. The van der Waals surface area contributed by atoms with Crippen LogP contribution >= 0.6 is 34.8 Å². The molecule has 6 atom stereocenters. The smallest absolute Gasteiger partial charge is 0.345 e. The van der Waals surface area contributed by atoms with Crippen molar-refractivity contribution in [2.24, 2.45) is 35.5 Å². The molecule has 2 saturated carbocycles. The highest BCUT2D eigenvalue weighted by molar-refractivity contribution is 6.36. The number of rotatable bonds is 7. The van der Waals surface area contributed by atoms with Gasteiger partial charge in [0, 0.05) is 21.2 Å². The normalized spacial score (nSPS) is 25.8. The van der Waals surface area contributed by atoms with Crippen LogP contribution in [0.25, 0.3) is 0 Å². The van der Waals surface area contributed by atoms with Gasteiger partial charge in [0.1, 0.15) is 12.3 Å². The number of Topliss-reactive ketones (excluding diaryl/α,β-unsaturated/α-hetero) is 1. The zero-order valence-electron chi connectivity index (χ0n) is 22.9. The van der Waals surface area contributed by atoms with E-state index in [4.69, 9.17) is 39.5 Å². The lowest BCUT2D eigenvalue weighted by Gasteiger charge is -2.37. The van der Waals surface area contributed by atoms with Crippen LogP contribution in [0, 0.1) is 35.5 Å². The molecule has 3 amide bonds. The fourth-order valence-corrected chi connectivity index (χ4v) is 7.52. The van der Waals surface area contributed by atoms with Crippen LogP contribution in [0.15, 0.2) is 78.9 Å². The van der Waals surface area contributed by atoms with Crippen molar-refractivity contribution in [1.82, 2.24) is 10.0 Å². The Morgan fingerprint density at radius 1 is 0.773 bits per heavy atom. The Bertz CT molecular complexity index is 1740. The number of halogens is 3. The Labute approximate surface area is 267 Å². The molecule has 2 bridgehead atoms. The van der Waals surface area contributed by atoms with E-state index in [1.807, 2.05) is 12.2 Å². The zero-order valence-corrected chi connectivity index (χ0v) is 25.1. The van der Waals surface area contributed by atoms with E-state index in [0.717, 1.165) is 16.4 Å². The van der Waals surface area contributed by atoms with E-state index in [-0.39, 0.29) is 39.3 Å². The third-order valence-electron chi connectivity index (χ3n) is 9.04. The average molecular weight is 650 g/mol. The molecule has 3 fully saturated rings. The molecule has 5 aliphatic rings. The number of carbonyl (C=O) groups is 5. The fourth-order valence-electron chi connectivity index (χ4n) is 6.91. The first-order chi connectivity index (χ1) is 21.1. The summed E-state index contributed by atoms with van der Waals surface area (Å²) in [6.07, 6.45) is 5.08. The summed E-state index contributed by atoms with van der Waals surface area (Å²) < 4.78 is 5.39. The number of hydrogen-bond donors (Lipinski definition) is 0. The monoisotopic (exact) mass is 648 g/mol. The molecule has 1 aliphatic heterocycles. The first-order valence-electron chi connectivity index (χ1n) is 14.1. The minimum absolute atomic E-state index is 0.0438. The van der Waals surface area contributed by atoms with Gasteiger partial charge in [0.05, 0.1) is 22.4 Å². The van der Waals surface area contributed by atoms with Crippen LogP contribution in [0.2, 0.25) is 15.1 Å². The summed E-state index contributed by atoms with van der Waals surface area (Å²) in [5, 5.41) is 2.76. The number of imide groups is 1. The number of benzene rings is 3. The number of allylic oxidation sites excluding steroid dienone is 2. The Balaban J connectivity index is 1.13. The van der Waals surface area contributed by atoms with Gasteiger partial charge in [-0.15, -0.1) is 0 Å². The minimum atomic E-state index is -0.709. The highest BCUT2D eigenvalue weighted by Crippen LogP contribution is 2.65. The van der Waals surface area contributed by atoms with Gasteiger partial charge in [-0.3, -0.25) is 19.2 Å². The van der Waals surface area contributed by atoms with Crippen LogP contribution in [0.5, 0.6) is 5.75 Å². The summed E-state index contributed by atoms with van der Waals surface area (Å²) in [7, 11) is 0. The standard InChI is InChI=1S/C33H23Cl3N2O6/c34-18-5-1-17(2-6-18)30(40)37(38-31(41)28-21-11-12-22(25-14-24(21)25)29(28)32(38)42)15-27(39)16-3-8-20(9-4-16)44-33(43)23-10-7-19(35)13-26(23)36/h1-13,21-22,24-25,28-29H,14-15H2/t21-,22-,24-,25-,28-,29+/m0/s1. The maximum absolute atomic E-state index is 13.8. The number of hydrazine groups is 1. The summed E-state index contributed by atoms with van der Waals surface area (Å²) in [6, 6.07) is 16.1. The predicted molar refractivity (Wildman–Crippen MR) is 161 cm³/mol. The van der Waals surface area contributed by atoms with Crippen molar-refractivity contribution in [3.05, 3.63) is 111 Å². The molecule has 222 valence electrons. The summed E-state index contributed by atoms with van der Waals surface area (Å²) in [4.78, 5) is 67.6. The summed E-state index contributed by atoms with van der Waals surface area (Å²) in [5.41, 5.74) is 0.474. The largest absolute Gasteiger partial charge is 0.423 e. The van der Waals surface area contributed by atoms with E-state index in [0.29, 0.717) is 21.9 Å². The van der Waals surface area contributed by atoms with E-state index >= 15 is 0 Å². The molecular formula is C33H23Cl3N2O6. The Morgan fingerprint density at radius 3 is 1.93 bits per heavy atom. The molecule has 8 nitrogen and oxygen atoms in total. The van der Waals surface area contributed by atoms with Gasteiger partial charge in [-0.05, 0) is 96.8 Å². The van der Waals surface area contributed by atoms with Crippen LogP contribution in [0.3, 0.4) is 0 Å². The van der Waals surface area contributed by atoms with Crippen molar-refractivity contribution in [2.45, 2.75) is 6.42 Å². The van der Waals surface area contributed by atoms with E-state index in [1.165, 1.54) is 66.7 Å². The molecule has 3 aromatic rings. The van der Waals surface area contributed by atoms with Crippen LogP contribution in [0.4, 0.5) is 0 Å². The lowest BCUT2D eigenvalue weighted by Crippen LogP contribution is -2.52. The van der Waals surface area contributed by atoms with Crippen molar-refractivity contribution >= 4 is 64.3 Å². The predicted octanol–water partition coefficient (Wildman–Crippen LogP) is 6.16. The zero-order chi connectivity index (χ0) is 30.9. The van der Waals surface area contributed by atoms with E-state index in [1.54, 1.807) is 0 Å². The minimum Gasteiger partial charge on any atom is -0.423 e. The summed E-state index contributed by atoms with van der Waals surface area (Å²) in [5.74, 6) is -3.07. The second-order valence-electron chi connectivity index (χ2n) is 11.5. The van der Waals surface area contributed by atoms with Gasteiger partial charge in [0.15, 0.2) is 5.78 Å². The van der Waals surface area contributed by atoms with Gasteiger partial charge in [-0.2, -0.15) is 5.01 Å². The number of esters is 1. The molecule has 1 heterocycles. The van der Waals surface area contributed by atoms with Crippen molar-refractivity contribution in [1.29, 1.82) is 0 Å². The van der Waals surface area contributed by atoms with Gasteiger partial charge < -0.3 is 4.74 Å². The second-order valence-corrected chi connectivity index (χ2v) is 12.8. The quantitative estimate of drug-likeness (QED) is 0.1000. The van der Waals surface area contributed by atoms with E-state index < -0.39 is 47.9 Å². The van der Waals surface area contributed by atoms with Crippen molar-refractivity contribution in [3.8, 4) is 5.75 Å². The molecule has 3 aromatic carbocycles. The Morgan fingerprint density at radius 2 is 1.34 bits per heavy atom. The van der Waals surface area contributed by atoms with Gasteiger partial charge in [0.2, 0.25) is 0 Å². The maximum Gasteiger partial charge on any atom is 0.345 e. The van der Waals surface area contributed by atoms with Crippen LogP contribution < -0.4 is 4.74 Å². The SMILES string of the molecule is O=C(CN(C(=O)c1ccc(Cl)cc1)N1C(=O)[C@@H]2[C@H]3C=C[C@@H]([C@@H]4C[C@@H]34)[C@@H]2C1=O)c1ccc(OC(=O)c2ccc(Cl)cc2Cl)cc1. The molecule has 0 unspecified atom stereocenters. The van der Waals surface area contributed by atoms with Crippen LogP contribution in [0.1, 0.15) is 37.5 Å². The molecular weight excluding hydrogens is 627 g/mol. The molecule has 4 aliphatic carbocycles. The number of ketones is 1. The molecule has 0 spiro atoms. The Hall–Kier alpha value is -3.98. The molecule has 0 aromatic heterocycles. The molecule has 8 rings (SSSR count). The van der Waals surface area contributed by atoms with Gasteiger partial charge >= 0.3 is 5.97 Å². The Kier molecular flexibility index (Phi) is 7.11. The van der Waals surface area contributed by atoms with Gasteiger partial charge in [-0.25, -0.2) is 9.80 Å². The van der Waals surface area contributed by atoms with Crippen LogP contribution in [-0.2, 0) is 9.59 Å². The van der Waals surface area contributed by atoms with Crippen molar-refractivity contribution in [3.63, 3.8) is 0 Å². The summed E-state index contributed by atoms with van der Waals surface area (Å²) in [6.45, 7) is -0.562. The highest BCUT2D eigenvalue weighted by Gasteiger charge is 2.68. The van der Waals surface area contributed by atoms with Crippen LogP contribution in [-0.4, -0.2) is 46.0 Å². The lowest BCUT2D eigenvalue weighted by molar-refractivity contribution is -0.154. The molecule has 0 radical (unpaired) electrons. The topological polar surface area (TPSA) is 101 Å². The first-order valence-corrected chi connectivity index (χ1v) is 15.2. The number of hydrogen-bond acceptors (Lipinski definition) is 6. The fraction of sp³-hybridized carbons (Fsp3) is 0.242. The first kappa shape index (κ1) is 28.8. The second kappa shape index (κ2) is 10.9. The molecule has 1 saturated heterocycles. The van der Waals surface area contributed by atoms with Crippen molar-refractivity contribution < 1.29 is 28.7 Å². The van der Waals surface area contributed by atoms with E-state index in [9.17, 15) is 24.0 Å². The number of amides is 3. The number of ether oxygens (including phenoxy) is 1. The number of nitrogens with zero attached hydrogens (tertiary/aromatic N) is 2. The molecule has 44 heavy (non-hydrogen) atoms. The lowest BCUT2D eigenvalue weighted by atomic mass is 9.63. The van der Waals surface area contributed by atoms with E-state index in [2.05, 4.69) is 0 Å². The maximum atomic E-state index is 13.8. The van der Waals surface area contributed by atoms with Gasteiger partial charge in [-0.1, -0.05) is 47.0 Å². The molecule has 11 heteroatoms. The third kappa shape index (κ3) is 4.82. The van der Waals surface area contributed by atoms with Gasteiger partial charge in [0.25, 0.3) is 17.7 Å². The number of carbonyl (C=O) groups excluding carboxylic acids is 5.